The van der Waals surface area contributed by atoms with Gasteiger partial charge in [0.25, 0.3) is 5.91 Å². The number of amides is 1. The van der Waals surface area contributed by atoms with Crippen LogP contribution < -0.4 is 5.32 Å². The normalized spacial score (nSPS) is 9.60. The van der Waals surface area contributed by atoms with Crippen molar-refractivity contribution >= 4 is 5.91 Å². The molecule has 0 saturated carbocycles. The van der Waals surface area contributed by atoms with Crippen LogP contribution in [-0.4, -0.2) is 12.5 Å². The summed E-state index contributed by atoms with van der Waals surface area (Å²) in [4.78, 5) is 11.5. The standard InChI is InChI=1S/C12H15NO2/c1-3-5-6-9-13-12(14)11-8-7-10(4-2)15-11/h1,7-8H,4-6,9H2,2H3,(H,13,14). The van der Waals surface area contributed by atoms with E-state index in [1.807, 2.05) is 13.0 Å². The van der Waals surface area contributed by atoms with E-state index in [-0.39, 0.29) is 5.91 Å². The molecule has 0 fully saturated rings. The number of aryl methyl sites for hydroxylation is 1. The summed E-state index contributed by atoms with van der Waals surface area (Å²) in [6.07, 6.45) is 7.37. The van der Waals surface area contributed by atoms with Crippen molar-refractivity contribution in [2.24, 2.45) is 0 Å². The Morgan fingerprint density at radius 1 is 1.60 bits per heavy atom. The molecule has 0 unspecified atom stereocenters. The molecule has 1 amide bonds. The maximum absolute atomic E-state index is 11.5. The van der Waals surface area contributed by atoms with Crippen molar-refractivity contribution in [1.82, 2.24) is 5.32 Å². The van der Waals surface area contributed by atoms with Gasteiger partial charge < -0.3 is 9.73 Å². The minimum atomic E-state index is -0.174. The lowest BCUT2D eigenvalue weighted by Gasteiger charge is -2.00. The zero-order valence-corrected chi connectivity index (χ0v) is 8.88. The summed E-state index contributed by atoms with van der Waals surface area (Å²) in [7, 11) is 0. The number of terminal acetylenes is 1. The predicted octanol–water partition coefficient (Wildman–Crippen LogP) is 1.99. The van der Waals surface area contributed by atoms with Gasteiger partial charge in [-0.15, -0.1) is 12.3 Å². The molecular weight excluding hydrogens is 190 g/mol. The van der Waals surface area contributed by atoms with Crippen molar-refractivity contribution in [3.63, 3.8) is 0 Å². The van der Waals surface area contributed by atoms with Crippen LogP contribution in [0.2, 0.25) is 0 Å². The molecule has 0 aliphatic carbocycles. The van der Waals surface area contributed by atoms with Crippen LogP contribution in [0.1, 0.15) is 36.1 Å². The zero-order valence-electron chi connectivity index (χ0n) is 8.88. The van der Waals surface area contributed by atoms with Gasteiger partial charge in [0.2, 0.25) is 0 Å². The quantitative estimate of drug-likeness (QED) is 0.590. The molecule has 80 valence electrons. The van der Waals surface area contributed by atoms with E-state index in [0.717, 1.165) is 18.6 Å². The monoisotopic (exact) mass is 205 g/mol. The Kier molecular flexibility index (Phi) is 4.49. The van der Waals surface area contributed by atoms with Crippen LogP contribution in [0.15, 0.2) is 16.5 Å². The molecule has 1 aromatic rings. The van der Waals surface area contributed by atoms with Gasteiger partial charge in [-0.3, -0.25) is 4.79 Å². The molecule has 3 heteroatoms. The van der Waals surface area contributed by atoms with Crippen LogP contribution in [0, 0.1) is 12.3 Å². The first-order valence-corrected chi connectivity index (χ1v) is 5.08. The lowest BCUT2D eigenvalue weighted by molar-refractivity contribution is 0.0924. The van der Waals surface area contributed by atoms with Crippen molar-refractivity contribution in [2.45, 2.75) is 26.2 Å². The van der Waals surface area contributed by atoms with Gasteiger partial charge in [-0.2, -0.15) is 0 Å². The molecule has 1 heterocycles. The third-order valence-electron chi connectivity index (χ3n) is 2.02. The molecule has 0 bridgehead atoms. The highest BCUT2D eigenvalue weighted by atomic mass is 16.3. The molecule has 0 aliphatic rings. The SMILES string of the molecule is C#CCCCNC(=O)c1ccc(CC)o1. The van der Waals surface area contributed by atoms with Gasteiger partial charge in [0.05, 0.1) is 0 Å². The van der Waals surface area contributed by atoms with E-state index in [2.05, 4.69) is 11.2 Å². The maximum atomic E-state index is 11.5. The predicted molar refractivity (Wildman–Crippen MR) is 58.5 cm³/mol. The van der Waals surface area contributed by atoms with Gasteiger partial charge in [-0.05, 0) is 18.6 Å². The van der Waals surface area contributed by atoms with E-state index in [4.69, 9.17) is 10.8 Å². The fraction of sp³-hybridized carbons (Fsp3) is 0.417. The first-order valence-electron chi connectivity index (χ1n) is 5.08. The van der Waals surface area contributed by atoms with E-state index < -0.39 is 0 Å². The highest BCUT2D eigenvalue weighted by Gasteiger charge is 2.08. The van der Waals surface area contributed by atoms with Crippen molar-refractivity contribution in [2.75, 3.05) is 6.54 Å². The van der Waals surface area contributed by atoms with E-state index in [9.17, 15) is 4.79 Å². The smallest absolute Gasteiger partial charge is 0.286 e. The summed E-state index contributed by atoms with van der Waals surface area (Å²) in [5, 5.41) is 2.74. The average Bonchev–Trinajstić information content (AvgIpc) is 2.72. The maximum Gasteiger partial charge on any atom is 0.286 e. The van der Waals surface area contributed by atoms with E-state index in [1.165, 1.54) is 0 Å². The molecule has 1 aromatic heterocycles. The molecule has 1 rings (SSSR count). The van der Waals surface area contributed by atoms with Crippen LogP contribution in [0.5, 0.6) is 0 Å². The molecule has 0 aromatic carbocycles. The number of hydrogen-bond acceptors (Lipinski definition) is 2. The summed E-state index contributed by atoms with van der Waals surface area (Å²) in [6.45, 7) is 2.57. The van der Waals surface area contributed by atoms with Gasteiger partial charge in [-0.25, -0.2) is 0 Å². The van der Waals surface area contributed by atoms with Gasteiger partial charge in [-0.1, -0.05) is 6.92 Å². The van der Waals surface area contributed by atoms with Crippen LogP contribution in [0.4, 0.5) is 0 Å². The summed E-state index contributed by atoms with van der Waals surface area (Å²) >= 11 is 0. The summed E-state index contributed by atoms with van der Waals surface area (Å²) in [6, 6.07) is 3.51. The second kappa shape index (κ2) is 5.92. The second-order valence-corrected chi connectivity index (χ2v) is 3.18. The average molecular weight is 205 g/mol. The number of hydrogen-bond donors (Lipinski definition) is 1. The number of nitrogens with one attached hydrogen (secondary N) is 1. The number of carbonyl (C=O) groups excluding carboxylic acids is 1. The first-order chi connectivity index (χ1) is 7.27. The summed E-state index contributed by atoms with van der Waals surface area (Å²) in [5.41, 5.74) is 0. The van der Waals surface area contributed by atoms with E-state index >= 15 is 0 Å². The molecular formula is C12H15NO2. The van der Waals surface area contributed by atoms with Crippen molar-refractivity contribution in [3.05, 3.63) is 23.7 Å². The topological polar surface area (TPSA) is 42.2 Å². The molecule has 0 saturated heterocycles. The lowest BCUT2D eigenvalue weighted by Crippen LogP contribution is -2.23. The Labute approximate surface area is 89.9 Å². The second-order valence-electron chi connectivity index (χ2n) is 3.18. The Hall–Kier alpha value is -1.69. The van der Waals surface area contributed by atoms with Gasteiger partial charge >= 0.3 is 0 Å². The molecule has 1 N–H and O–H groups in total. The zero-order chi connectivity index (χ0) is 11.1. The Morgan fingerprint density at radius 3 is 3.00 bits per heavy atom. The fourth-order valence-electron chi connectivity index (χ4n) is 1.17. The van der Waals surface area contributed by atoms with Crippen molar-refractivity contribution in [3.8, 4) is 12.3 Å². The fourth-order valence-corrected chi connectivity index (χ4v) is 1.17. The highest BCUT2D eigenvalue weighted by molar-refractivity contribution is 5.91. The van der Waals surface area contributed by atoms with Crippen LogP contribution in [-0.2, 0) is 6.42 Å². The number of rotatable bonds is 5. The molecule has 0 aliphatic heterocycles. The van der Waals surface area contributed by atoms with Crippen LogP contribution >= 0.6 is 0 Å². The minimum Gasteiger partial charge on any atom is -0.456 e. The Bertz CT molecular complexity index is 360. The van der Waals surface area contributed by atoms with Gasteiger partial charge in [0.1, 0.15) is 5.76 Å². The Balaban J connectivity index is 2.37. The summed E-state index contributed by atoms with van der Waals surface area (Å²) in [5.74, 6) is 3.54. The highest BCUT2D eigenvalue weighted by Crippen LogP contribution is 2.07. The van der Waals surface area contributed by atoms with Gasteiger partial charge in [0.15, 0.2) is 5.76 Å². The molecule has 0 atom stereocenters. The van der Waals surface area contributed by atoms with Crippen molar-refractivity contribution < 1.29 is 9.21 Å². The number of carbonyl (C=O) groups is 1. The van der Waals surface area contributed by atoms with Crippen LogP contribution in [0.3, 0.4) is 0 Å². The molecule has 15 heavy (non-hydrogen) atoms. The summed E-state index contributed by atoms with van der Waals surface area (Å²) < 4.78 is 5.30. The first kappa shape index (κ1) is 11.4. The number of furan rings is 1. The van der Waals surface area contributed by atoms with E-state index in [0.29, 0.717) is 18.7 Å². The molecule has 0 radical (unpaired) electrons. The van der Waals surface area contributed by atoms with Gasteiger partial charge in [0, 0.05) is 19.4 Å². The number of unbranched alkanes of at least 4 members (excludes halogenated alkanes) is 1. The molecule has 0 spiro atoms. The molecule has 3 nitrogen and oxygen atoms in total. The largest absolute Gasteiger partial charge is 0.456 e. The van der Waals surface area contributed by atoms with E-state index in [1.54, 1.807) is 6.07 Å². The third kappa shape index (κ3) is 3.51. The van der Waals surface area contributed by atoms with Crippen LogP contribution in [0.25, 0.3) is 0 Å². The third-order valence-corrected chi connectivity index (χ3v) is 2.02. The Morgan fingerprint density at radius 2 is 2.40 bits per heavy atom. The minimum absolute atomic E-state index is 0.174. The lowest BCUT2D eigenvalue weighted by atomic mass is 10.3. The van der Waals surface area contributed by atoms with Crippen molar-refractivity contribution in [1.29, 1.82) is 0 Å².